The highest BCUT2D eigenvalue weighted by molar-refractivity contribution is 9.12. The van der Waals surface area contributed by atoms with Crippen molar-refractivity contribution in [1.29, 1.82) is 0 Å². The minimum absolute atomic E-state index is 0.0491. The van der Waals surface area contributed by atoms with Crippen LogP contribution in [0.15, 0.2) is 13.6 Å². The van der Waals surface area contributed by atoms with Gasteiger partial charge in [0, 0.05) is 7.11 Å². The van der Waals surface area contributed by atoms with E-state index in [9.17, 15) is 0 Å². The molecule has 0 saturated carbocycles. The molecule has 1 unspecified atom stereocenters. The minimum atomic E-state index is -0.0491. The number of nitrogens with two attached hydrogens (primary N) is 1. The molecule has 0 radical (unpaired) electrons. The van der Waals surface area contributed by atoms with E-state index in [1.165, 1.54) is 0 Å². The van der Waals surface area contributed by atoms with Gasteiger partial charge < -0.3 is 10.5 Å². The Morgan fingerprint density at radius 3 is 2.75 bits per heavy atom. The van der Waals surface area contributed by atoms with E-state index in [2.05, 4.69) is 31.9 Å². The Hall–Kier alpha value is 0.580. The summed E-state index contributed by atoms with van der Waals surface area (Å²) >= 11 is 8.46. The van der Waals surface area contributed by atoms with E-state index in [0.717, 1.165) is 13.1 Å². The van der Waals surface area contributed by atoms with Gasteiger partial charge in [-0.05, 0) is 43.5 Å². The van der Waals surface area contributed by atoms with E-state index < -0.39 is 0 Å². The first-order chi connectivity index (χ1) is 5.65. The highest BCUT2D eigenvalue weighted by atomic mass is 79.9. The van der Waals surface area contributed by atoms with E-state index in [1.54, 1.807) is 18.4 Å². The Bertz CT molecular complexity index is 264. The zero-order valence-electron chi connectivity index (χ0n) is 6.51. The predicted octanol–water partition coefficient (Wildman–Crippen LogP) is 2.92. The molecule has 5 heteroatoms. The number of ether oxygens (including phenoxy) is 1. The van der Waals surface area contributed by atoms with Crippen molar-refractivity contribution in [2.45, 2.75) is 6.04 Å². The quantitative estimate of drug-likeness (QED) is 0.931. The Balaban J connectivity index is 2.79. The summed E-state index contributed by atoms with van der Waals surface area (Å²) in [4.78, 5) is 0. The van der Waals surface area contributed by atoms with Gasteiger partial charge in [-0.25, -0.2) is 0 Å². The lowest BCUT2D eigenvalue weighted by Crippen LogP contribution is -2.15. The average Bonchev–Trinajstić information content (AvgIpc) is 2.30. The largest absolute Gasteiger partial charge is 0.383 e. The Morgan fingerprint density at radius 2 is 2.33 bits per heavy atom. The lowest BCUT2D eigenvalue weighted by molar-refractivity contribution is 0.181. The van der Waals surface area contributed by atoms with Crippen LogP contribution < -0.4 is 5.73 Å². The molecule has 0 amide bonds. The molecule has 0 aliphatic heterocycles. The topological polar surface area (TPSA) is 35.2 Å². The molecular weight excluding hydrogens is 306 g/mol. The predicted molar refractivity (Wildman–Crippen MR) is 58.5 cm³/mol. The molecule has 1 aromatic rings. The van der Waals surface area contributed by atoms with Crippen LogP contribution in [0.4, 0.5) is 0 Å². The maximum absolute atomic E-state index is 5.85. The molecule has 2 nitrogen and oxygen atoms in total. The van der Waals surface area contributed by atoms with E-state index in [1.807, 2.05) is 6.07 Å². The summed E-state index contributed by atoms with van der Waals surface area (Å²) in [6.07, 6.45) is 0. The molecule has 0 fully saturated rings. The second-order valence-electron chi connectivity index (χ2n) is 2.34. The van der Waals surface area contributed by atoms with Crippen LogP contribution in [0.25, 0.3) is 0 Å². The fourth-order valence-corrected chi connectivity index (χ4v) is 3.88. The van der Waals surface area contributed by atoms with Crippen LogP contribution in [0.5, 0.6) is 0 Å². The molecule has 12 heavy (non-hydrogen) atoms. The summed E-state index contributed by atoms with van der Waals surface area (Å²) in [6.45, 7) is 0.543. The van der Waals surface area contributed by atoms with Gasteiger partial charge in [0.15, 0.2) is 0 Å². The first kappa shape index (κ1) is 10.7. The first-order valence-electron chi connectivity index (χ1n) is 3.34. The van der Waals surface area contributed by atoms with E-state index in [-0.39, 0.29) is 6.04 Å². The molecule has 0 spiro atoms. The van der Waals surface area contributed by atoms with E-state index >= 15 is 0 Å². The highest BCUT2D eigenvalue weighted by Crippen LogP contribution is 2.34. The number of rotatable bonds is 3. The van der Waals surface area contributed by atoms with Gasteiger partial charge >= 0.3 is 0 Å². The van der Waals surface area contributed by atoms with E-state index in [0.29, 0.717) is 6.61 Å². The highest BCUT2D eigenvalue weighted by Gasteiger charge is 2.12. The first-order valence-corrected chi connectivity index (χ1v) is 5.74. The van der Waals surface area contributed by atoms with Crippen LogP contribution in [0, 0.1) is 0 Å². The number of hydrogen-bond acceptors (Lipinski definition) is 3. The third-order valence-corrected chi connectivity index (χ3v) is 3.81. The summed E-state index contributed by atoms with van der Waals surface area (Å²) < 4.78 is 7.11. The monoisotopic (exact) mass is 313 g/mol. The van der Waals surface area contributed by atoms with Gasteiger partial charge in [-0.1, -0.05) is 0 Å². The molecule has 1 aromatic heterocycles. The van der Waals surface area contributed by atoms with Crippen molar-refractivity contribution >= 4 is 43.2 Å². The van der Waals surface area contributed by atoms with Crippen LogP contribution in [-0.4, -0.2) is 13.7 Å². The van der Waals surface area contributed by atoms with Crippen LogP contribution >= 0.6 is 43.2 Å². The lowest BCUT2D eigenvalue weighted by Gasteiger charge is -2.08. The second kappa shape index (κ2) is 4.72. The fraction of sp³-hybridized carbons (Fsp3) is 0.429. The van der Waals surface area contributed by atoms with Crippen LogP contribution in [0.1, 0.15) is 11.6 Å². The maximum Gasteiger partial charge on any atom is 0.0759 e. The van der Waals surface area contributed by atoms with Crippen LogP contribution in [0.2, 0.25) is 0 Å². The van der Waals surface area contributed by atoms with Crippen LogP contribution in [-0.2, 0) is 4.74 Å². The molecular formula is C7H9Br2NOS. The van der Waals surface area contributed by atoms with Gasteiger partial charge in [-0.2, -0.15) is 0 Å². The number of halogens is 2. The SMILES string of the molecule is COCC(N)c1cc(Br)sc1Br. The third kappa shape index (κ3) is 2.53. The zero-order valence-corrected chi connectivity index (χ0v) is 10.5. The molecule has 0 saturated heterocycles. The van der Waals surface area contributed by atoms with Gasteiger partial charge in [-0.15, -0.1) is 11.3 Å². The zero-order chi connectivity index (χ0) is 9.14. The number of methoxy groups -OCH3 is 1. The molecule has 1 atom stereocenters. The van der Waals surface area contributed by atoms with Gasteiger partial charge in [0.1, 0.15) is 0 Å². The molecule has 0 aliphatic carbocycles. The second-order valence-corrected chi connectivity index (χ2v) is 6.09. The van der Waals surface area contributed by atoms with Crippen molar-refractivity contribution in [2.75, 3.05) is 13.7 Å². The molecule has 68 valence electrons. The molecule has 0 aromatic carbocycles. The van der Waals surface area contributed by atoms with Crippen molar-refractivity contribution < 1.29 is 4.74 Å². The van der Waals surface area contributed by atoms with Crippen molar-refractivity contribution in [3.05, 3.63) is 19.2 Å². The summed E-state index contributed by atoms with van der Waals surface area (Å²) in [5.41, 5.74) is 6.94. The summed E-state index contributed by atoms with van der Waals surface area (Å²) in [5.74, 6) is 0. The van der Waals surface area contributed by atoms with Crippen molar-refractivity contribution in [3.8, 4) is 0 Å². The third-order valence-electron chi connectivity index (χ3n) is 1.43. The Kier molecular flexibility index (Phi) is 4.19. The lowest BCUT2D eigenvalue weighted by atomic mass is 10.2. The van der Waals surface area contributed by atoms with Crippen molar-refractivity contribution in [2.24, 2.45) is 5.73 Å². The summed E-state index contributed by atoms with van der Waals surface area (Å²) in [5, 5.41) is 0. The molecule has 1 rings (SSSR count). The van der Waals surface area contributed by atoms with Crippen LogP contribution in [0.3, 0.4) is 0 Å². The van der Waals surface area contributed by atoms with Gasteiger partial charge in [0.2, 0.25) is 0 Å². The number of hydrogen-bond donors (Lipinski definition) is 1. The molecule has 2 N–H and O–H groups in total. The summed E-state index contributed by atoms with van der Waals surface area (Å²) in [7, 11) is 1.65. The van der Waals surface area contributed by atoms with E-state index in [4.69, 9.17) is 10.5 Å². The maximum atomic E-state index is 5.85. The molecule has 0 aliphatic rings. The molecule has 0 bridgehead atoms. The standard InChI is InChI=1S/C7H9Br2NOS/c1-11-3-5(10)4-2-6(8)12-7(4)9/h2,5H,3,10H2,1H3. The molecule has 1 heterocycles. The normalized spacial score (nSPS) is 13.3. The van der Waals surface area contributed by atoms with Gasteiger partial charge in [-0.3, -0.25) is 0 Å². The minimum Gasteiger partial charge on any atom is -0.383 e. The summed E-state index contributed by atoms with van der Waals surface area (Å²) in [6, 6.07) is 1.96. The Labute approximate surface area is 92.4 Å². The van der Waals surface area contributed by atoms with Gasteiger partial charge in [0.25, 0.3) is 0 Å². The average molecular weight is 315 g/mol. The van der Waals surface area contributed by atoms with Gasteiger partial charge in [0.05, 0.1) is 20.2 Å². The number of thiophene rings is 1. The smallest absolute Gasteiger partial charge is 0.0759 e. The fourth-order valence-electron chi connectivity index (χ4n) is 0.875. The van der Waals surface area contributed by atoms with Crippen molar-refractivity contribution in [1.82, 2.24) is 0 Å². The Morgan fingerprint density at radius 1 is 1.67 bits per heavy atom. The van der Waals surface area contributed by atoms with Crippen molar-refractivity contribution in [3.63, 3.8) is 0 Å².